The molecule has 1 aromatic carbocycles. The van der Waals surface area contributed by atoms with E-state index in [-0.39, 0.29) is 17.9 Å². The summed E-state index contributed by atoms with van der Waals surface area (Å²) in [4.78, 5) is 12.4. The predicted octanol–water partition coefficient (Wildman–Crippen LogP) is 2.26. The average molecular weight is 288 g/mol. The first-order valence-corrected chi connectivity index (χ1v) is 7.80. The van der Waals surface area contributed by atoms with E-state index in [1.54, 1.807) is 7.11 Å². The van der Waals surface area contributed by atoms with Gasteiger partial charge in [0.25, 0.3) is 0 Å². The van der Waals surface area contributed by atoms with Crippen LogP contribution in [0.15, 0.2) is 24.3 Å². The van der Waals surface area contributed by atoms with Crippen molar-refractivity contribution in [3.05, 3.63) is 29.8 Å². The molecule has 1 aliphatic carbocycles. The molecule has 2 atom stereocenters. The van der Waals surface area contributed by atoms with Crippen LogP contribution in [0.4, 0.5) is 0 Å². The van der Waals surface area contributed by atoms with Crippen molar-refractivity contribution >= 4 is 5.91 Å². The van der Waals surface area contributed by atoms with E-state index in [2.05, 4.69) is 10.6 Å². The first kappa shape index (κ1) is 14.4. The van der Waals surface area contributed by atoms with Crippen molar-refractivity contribution < 1.29 is 9.53 Å². The summed E-state index contributed by atoms with van der Waals surface area (Å²) in [5.74, 6) is 1.29. The molecular formula is C17H24N2O2. The van der Waals surface area contributed by atoms with Crippen LogP contribution in [0.5, 0.6) is 5.75 Å². The number of carbonyl (C=O) groups excluding carboxylic acids is 1. The molecule has 1 amide bonds. The van der Waals surface area contributed by atoms with E-state index in [0.29, 0.717) is 5.41 Å². The van der Waals surface area contributed by atoms with Crippen LogP contribution in [0.1, 0.15) is 37.8 Å². The highest BCUT2D eigenvalue weighted by atomic mass is 16.5. The number of hydrogen-bond donors (Lipinski definition) is 2. The molecule has 1 aromatic rings. The summed E-state index contributed by atoms with van der Waals surface area (Å²) in [6.07, 6.45) is 3.35. The molecule has 2 N–H and O–H groups in total. The summed E-state index contributed by atoms with van der Waals surface area (Å²) in [6, 6.07) is 7.93. The second kappa shape index (κ2) is 5.68. The van der Waals surface area contributed by atoms with Gasteiger partial charge >= 0.3 is 0 Å². The van der Waals surface area contributed by atoms with Crippen LogP contribution < -0.4 is 15.4 Å². The summed E-state index contributed by atoms with van der Waals surface area (Å²) in [6.45, 7) is 4.15. The molecule has 114 valence electrons. The Morgan fingerprint density at radius 1 is 1.33 bits per heavy atom. The molecule has 0 aromatic heterocycles. The molecule has 1 heterocycles. The van der Waals surface area contributed by atoms with Crippen molar-refractivity contribution in [3.8, 4) is 5.75 Å². The van der Waals surface area contributed by atoms with Gasteiger partial charge in [-0.2, -0.15) is 0 Å². The number of carbonyl (C=O) groups is 1. The highest BCUT2D eigenvalue weighted by Gasteiger charge is 2.57. The molecule has 0 bridgehead atoms. The standard InChI is InChI=1S/C17H24N2O2/c1-12(13-3-5-14(21-2)6-4-13)19-16(20)15-11-17(15)7-9-18-10-8-17/h3-6,12,15,18H,7-11H2,1-2H3,(H,19,20)/t12-,15?/m0/s1. The maximum atomic E-state index is 12.4. The zero-order chi connectivity index (χ0) is 14.9. The molecule has 0 radical (unpaired) electrons. The molecule has 1 saturated heterocycles. The molecule has 1 saturated carbocycles. The molecule has 4 heteroatoms. The Morgan fingerprint density at radius 2 is 2.00 bits per heavy atom. The van der Waals surface area contributed by atoms with Gasteiger partial charge in [-0.05, 0) is 62.4 Å². The topological polar surface area (TPSA) is 50.4 Å². The highest BCUT2D eigenvalue weighted by molar-refractivity contribution is 5.83. The van der Waals surface area contributed by atoms with Gasteiger partial charge in [0.15, 0.2) is 0 Å². The largest absolute Gasteiger partial charge is 0.497 e. The normalized spacial score (nSPS) is 24.4. The van der Waals surface area contributed by atoms with E-state index in [1.807, 2.05) is 31.2 Å². The third-order valence-electron chi connectivity index (χ3n) is 5.08. The lowest BCUT2D eigenvalue weighted by atomic mass is 9.91. The first-order chi connectivity index (χ1) is 10.1. The van der Waals surface area contributed by atoms with Crippen molar-refractivity contribution in [2.75, 3.05) is 20.2 Å². The van der Waals surface area contributed by atoms with Crippen LogP contribution in [-0.4, -0.2) is 26.1 Å². The van der Waals surface area contributed by atoms with Gasteiger partial charge < -0.3 is 15.4 Å². The van der Waals surface area contributed by atoms with Crippen LogP contribution in [0.2, 0.25) is 0 Å². The fourth-order valence-electron chi connectivity index (χ4n) is 3.49. The van der Waals surface area contributed by atoms with Gasteiger partial charge in [0.1, 0.15) is 5.75 Å². The molecule has 1 unspecified atom stereocenters. The fourth-order valence-corrected chi connectivity index (χ4v) is 3.49. The van der Waals surface area contributed by atoms with Gasteiger partial charge in [0, 0.05) is 5.92 Å². The number of methoxy groups -OCH3 is 1. The quantitative estimate of drug-likeness (QED) is 0.893. The van der Waals surface area contributed by atoms with Gasteiger partial charge in [-0.15, -0.1) is 0 Å². The number of rotatable bonds is 4. The molecule has 2 fully saturated rings. The highest BCUT2D eigenvalue weighted by Crippen LogP contribution is 2.58. The van der Waals surface area contributed by atoms with Crippen LogP contribution >= 0.6 is 0 Å². The summed E-state index contributed by atoms with van der Waals surface area (Å²) in [5.41, 5.74) is 1.42. The minimum atomic E-state index is 0.0442. The van der Waals surface area contributed by atoms with Crippen LogP contribution in [-0.2, 0) is 4.79 Å². The molecule has 2 aliphatic rings. The molecule has 21 heavy (non-hydrogen) atoms. The van der Waals surface area contributed by atoms with E-state index < -0.39 is 0 Å². The Bertz CT molecular complexity index is 506. The number of piperidine rings is 1. The summed E-state index contributed by atoms with van der Waals surface area (Å²) >= 11 is 0. The van der Waals surface area contributed by atoms with E-state index in [0.717, 1.165) is 43.7 Å². The SMILES string of the molecule is COc1ccc([C@H](C)NC(=O)C2CC23CCNCC3)cc1. The number of ether oxygens (including phenoxy) is 1. The van der Waals surface area contributed by atoms with Gasteiger partial charge in [-0.3, -0.25) is 4.79 Å². The van der Waals surface area contributed by atoms with Crippen molar-refractivity contribution in [2.45, 2.75) is 32.2 Å². The fraction of sp³-hybridized carbons (Fsp3) is 0.588. The second-order valence-corrected chi connectivity index (χ2v) is 6.37. The third-order valence-corrected chi connectivity index (χ3v) is 5.08. The summed E-state index contributed by atoms with van der Waals surface area (Å²) in [5, 5.41) is 6.54. The zero-order valence-corrected chi connectivity index (χ0v) is 12.8. The molecule has 4 nitrogen and oxygen atoms in total. The van der Waals surface area contributed by atoms with Crippen LogP contribution in [0.25, 0.3) is 0 Å². The number of hydrogen-bond acceptors (Lipinski definition) is 3. The number of nitrogens with one attached hydrogen (secondary N) is 2. The van der Waals surface area contributed by atoms with E-state index in [9.17, 15) is 4.79 Å². The second-order valence-electron chi connectivity index (χ2n) is 6.37. The number of benzene rings is 1. The summed E-state index contributed by atoms with van der Waals surface area (Å²) in [7, 11) is 1.66. The molecule has 3 rings (SSSR count). The Morgan fingerprint density at radius 3 is 2.62 bits per heavy atom. The minimum absolute atomic E-state index is 0.0442. The maximum absolute atomic E-state index is 12.4. The lowest BCUT2D eigenvalue weighted by Gasteiger charge is -2.23. The predicted molar refractivity (Wildman–Crippen MR) is 82.2 cm³/mol. The van der Waals surface area contributed by atoms with Crippen LogP contribution in [0, 0.1) is 11.3 Å². The van der Waals surface area contributed by atoms with Crippen molar-refractivity contribution in [2.24, 2.45) is 11.3 Å². The molecular weight excluding hydrogens is 264 g/mol. The Labute approximate surface area is 126 Å². The minimum Gasteiger partial charge on any atom is -0.497 e. The maximum Gasteiger partial charge on any atom is 0.224 e. The van der Waals surface area contributed by atoms with Gasteiger partial charge in [-0.25, -0.2) is 0 Å². The van der Waals surface area contributed by atoms with Gasteiger partial charge in [0.05, 0.1) is 13.2 Å². The van der Waals surface area contributed by atoms with Crippen molar-refractivity contribution in [1.29, 1.82) is 0 Å². The average Bonchev–Trinajstić information content (AvgIpc) is 3.21. The number of amides is 1. The van der Waals surface area contributed by atoms with Gasteiger partial charge in [-0.1, -0.05) is 12.1 Å². The monoisotopic (exact) mass is 288 g/mol. The van der Waals surface area contributed by atoms with Crippen LogP contribution in [0.3, 0.4) is 0 Å². The van der Waals surface area contributed by atoms with Gasteiger partial charge in [0.2, 0.25) is 5.91 Å². The Kier molecular flexibility index (Phi) is 3.89. The lowest BCUT2D eigenvalue weighted by Crippen LogP contribution is -2.34. The van der Waals surface area contributed by atoms with Crippen molar-refractivity contribution in [3.63, 3.8) is 0 Å². The molecule has 1 spiro atoms. The first-order valence-electron chi connectivity index (χ1n) is 7.80. The zero-order valence-electron chi connectivity index (χ0n) is 12.8. The van der Waals surface area contributed by atoms with E-state index in [4.69, 9.17) is 4.74 Å². The Hall–Kier alpha value is -1.55. The van der Waals surface area contributed by atoms with E-state index in [1.165, 1.54) is 0 Å². The lowest BCUT2D eigenvalue weighted by molar-refractivity contribution is -0.123. The smallest absolute Gasteiger partial charge is 0.224 e. The molecule has 1 aliphatic heterocycles. The van der Waals surface area contributed by atoms with E-state index >= 15 is 0 Å². The summed E-state index contributed by atoms with van der Waals surface area (Å²) < 4.78 is 5.16. The van der Waals surface area contributed by atoms with Crippen molar-refractivity contribution in [1.82, 2.24) is 10.6 Å². The third kappa shape index (κ3) is 2.91. The Balaban J connectivity index is 1.57.